The summed E-state index contributed by atoms with van der Waals surface area (Å²) in [5, 5.41) is 0. The van der Waals surface area contributed by atoms with Crippen molar-refractivity contribution in [2.75, 3.05) is 31.1 Å². The number of hydrogen-bond acceptors (Lipinski definition) is 2. The van der Waals surface area contributed by atoms with Crippen LogP contribution >= 0.6 is 11.8 Å². The molecular weight excluding hydrogens is 266 g/mol. The predicted molar refractivity (Wildman–Crippen MR) is 87.5 cm³/mol. The first-order chi connectivity index (χ1) is 9.84. The standard InChI is InChI=1S/C16H23N3S/c17-16(19-8-10-20-11-9-19)18-12-14-6-3-5-13-4-1-2-7-15(13)14/h1-2,4,7,14H,3,5-6,8-12H2,(H2,17,18). The SMILES string of the molecule is NC(=NCC1CCCc2ccccc21)N1CCSCC1. The smallest absolute Gasteiger partial charge is 0.191 e. The van der Waals surface area contributed by atoms with E-state index in [1.54, 1.807) is 0 Å². The highest BCUT2D eigenvalue weighted by atomic mass is 32.2. The minimum atomic E-state index is 0.553. The minimum absolute atomic E-state index is 0.553. The summed E-state index contributed by atoms with van der Waals surface area (Å²) < 4.78 is 0. The molecule has 3 rings (SSSR count). The maximum atomic E-state index is 6.15. The lowest BCUT2D eigenvalue weighted by Crippen LogP contribution is -2.42. The second kappa shape index (κ2) is 6.53. The third kappa shape index (κ3) is 3.11. The Labute approximate surface area is 125 Å². The summed E-state index contributed by atoms with van der Waals surface area (Å²) >= 11 is 2.00. The number of guanidine groups is 1. The molecule has 1 aromatic rings. The number of hydrogen-bond donors (Lipinski definition) is 1. The van der Waals surface area contributed by atoms with Gasteiger partial charge in [0.05, 0.1) is 0 Å². The molecule has 4 heteroatoms. The molecule has 1 saturated heterocycles. The fourth-order valence-electron chi connectivity index (χ4n) is 3.14. The molecule has 0 spiro atoms. The highest BCUT2D eigenvalue weighted by Crippen LogP contribution is 2.31. The first kappa shape index (κ1) is 13.8. The summed E-state index contributed by atoms with van der Waals surface area (Å²) in [6.07, 6.45) is 3.73. The van der Waals surface area contributed by atoms with E-state index in [0.29, 0.717) is 5.92 Å². The molecule has 1 atom stereocenters. The van der Waals surface area contributed by atoms with E-state index in [1.807, 2.05) is 11.8 Å². The lowest BCUT2D eigenvalue weighted by molar-refractivity contribution is 0.453. The van der Waals surface area contributed by atoms with Gasteiger partial charge in [-0.2, -0.15) is 11.8 Å². The molecule has 0 amide bonds. The first-order valence-corrected chi connectivity index (χ1v) is 8.70. The van der Waals surface area contributed by atoms with Gasteiger partial charge in [-0.05, 0) is 30.4 Å². The summed E-state index contributed by atoms with van der Waals surface area (Å²) in [4.78, 5) is 6.91. The van der Waals surface area contributed by atoms with E-state index < -0.39 is 0 Å². The lowest BCUT2D eigenvalue weighted by Gasteiger charge is -2.28. The van der Waals surface area contributed by atoms with Crippen molar-refractivity contribution in [2.24, 2.45) is 10.7 Å². The zero-order valence-electron chi connectivity index (χ0n) is 11.9. The molecule has 0 radical (unpaired) electrons. The van der Waals surface area contributed by atoms with Crippen LogP contribution in [0.5, 0.6) is 0 Å². The van der Waals surface area contributed by atoms with Crippen molar-refractivity contribution in [3.8, 4) is 0 Å². The van der Waals surface area contributed by atoms with Crippen LogP contribution in [0.2, 0.25) is 0 Å². The number of benzene rings is 1. The van der Waals surface area contributed by atoms with Gasteiger partial charge in [-0.25, -0.2) is 0 Å². The molecule has 1 aromatic carbocycles. The van der Waals surface area contributed by atoms with E-state index >= 15 is 0 Å². The Kier molecular flexibility index (Phi) is 4.51. The van der Waals surface area contributed by atoms with E-state index in [-0.39, 0.29) is 0 Å². The van der Waals surface area contributed by atoms with Gasteiger partial charge in [-0.15, -0.1) is 0 Å². The molecule has 1 unspecified atom stereocenters. The average molecular weight is 289 g/mol. The first-order valence-electron chi connectivity index (χ1n) is 7.55. The third-order valence-electron chi connectivity index (χ3n) is 4.30. The molecule has 108 valence electrons. The van der Waals surface area contributed by atoms with Crippen molar-refractivity contribution in [2.45, 2.75) is 25.2 Å². The van der Waals surface area contributed by atoms with Crippen LogP contribution in [-0.2, 0) is 6.42 Å². The Morgan fingerprint density at radius 2 is 2.10 bits per heavy atom. The van der Waals surface area contributed by atoms with Crippen LogP contribution in [-0.4, -0.2) is 42.0 Å². The topological polar surface area (TPSA) is 41.6 Å². The zero-order valence-corrected chi connectivity index (χ0v) is 12.7. The van der Waals surface area contributed by atoms with Crippen LogP contribution in [0.25, 0.3) is 0 Å². The molecule has 0 saturated carbocycles. The van der Waals surface area contributed by atoms with Crippen molar-refractivity contribution in [1.82, 2.24) is 4.90 Å². The molecule has 2 aliphatic rings. The van der Waals surface area contributed by atoms with Crippen LogP contribution in [0.1, 0.15) is 29.9 Å². The van der Waals surface area contributed by atoms with Gasteiger partial charge in [0.2, 0.25) is 0 Å². The second-order valence-corrected chi connectivity index (χ2v) is 6.81. The van der Waals surface area contributed by atoms with Gasteiger partial charge in [-0.1, -0.05) is 24.3 Å². The maximum Gasteiger partial charge on any atom is 0.191 e. The highest BCUT2D eigenvalue weighted by Gasteiger charge is 2.20. The monoisotopic (exact) mass is 289 g/mol. The number of thioether (sulfide) groups is 1. The Balaban J connectivity index is 1.66. The largest absolute Gasteiger partial charge is 0.370 e. The van der Waals surface area contributed by atoms with Crippen molar-refractivity contribution in [3.63, 3.8) is 0 Å². The normalized spacial score (nSPS) is 23.5. The van der Waals surface area contributed by atoms with E-state index in [1.165, 1.54) is 41.9 Å². The molecule has 0 bridgehead atoms. The molecule has 1 heterocycles. The van der Waals surface area contributed by atoms with Crippen molar-refractivity contribution in [1.29, 1.82) is 0 Å². The Bertz CT molecular complexity index is 480. The molecule has 1 aliphatic carbocycles. The van der Waals surface area contributed by atoms with Gasteiger partial charge in [0.15, 0.2) is 5.96 Å². The van der Waals surface area contributed by atoms with Gasteiger partial charge >= 0.3 is 0 Å². The quantitative estimate of drug-likeness (QED) is 0.672. The Morgan fingerprint density at radius 1 is 1.30 bits per heavy atom. The fourth-order valence-corrected chi connectivity index (χ4v) is 4.04. The van der Waals surface area contributed by atoms with Gasteiger partial charge in [0.1, 0.15) is 0 Å². The average Bonchev–Trinajstić information content (AvgIpc) is 2.53. The maximum absolute atomic E-state index is 6.15. The second-order valence-electron chi connectivity index (χ2n) is 5.59. The number of aryl methyl sites for hydroxylation is 1. The lowest BCUT2D eigenvalue weighted by atomic mass is 9.83. The third-order valence-corrected chi connectivity index (χ3v) is 5.24. The van der Waals surface area contributed by atoms with E-state index in [9.17, 15) is 0 Å². The summed E-state index contributed by atoms with van der Waals surface area (Å²) in [5.74, 6) is 3.64. The number of rotatable bonds is 2. The molecule has 3 nitrogen and oxygen atoms in total. The van der Waals surface area contributed by atoms with Gasteiger partial charge in [0, 0.05) is 37.1 Å². The summed E-state index contributed by atoms with van der Waals surface area (Å²) in [7, 11) is 0. The molecule has 1 aliphatic heterocycles. The fraction of sp³-hybridized carbons (Fsp3) is 0.562. The summed E-state index contributed by atoms with van der Waals surface area (Å²) in [6, 6.07) is 8.81. The zero-order chi connectivity index (χ0) is 13.8. The van der Waals surface area contributed by atoms with Gasteiger partial charge < -0.3 is 10.6 Å². The molecule has 1 fully saturated rings. The van der Waals surface area contributed by atoms with Crippen LogP contribution in [0.3, 0.4) is 0 Å². The van der Waals surface area contributed by atoms with Crippen molar-refractivity contribution in [3.05, 3.63) is 35.4 Å². The van der Waals surface area contributed by atoms with Crippen LogP contribution in [0.15, 0.2) is 29.3 Å². The Morgan fingerprint density at radius 3 is 2.95 bits per heavy atom. The minimum Gasteiger partial charge on any atom is -0.370 e. The number of nitrogens with zero attached hydrogens (tertiary/aromatic N) is 2. The highest BCUT2D eigenvalue weighted by molar-refractivity contribution is 7.99. The van der Waals surface area contributed by atoms with Gasteiger partial charge in [0.25, 0.3) is 0 Å². The predicted octanol–water partition coefficient (Wildman–Crippen LogP) is 2.47. The van der Waals surface area contributed by atoms with Crippen LogP contribution in [0, 0.1) is 0 Å². The number of fused-ring (bicyclic) bond motifs is 1. The number of aliphatic imine (C=N–C) groups is 1. The van der Waals surface area contributed by atoms with E-state index in [4.69, 9.17) is 5.73 Å². The van der Waals surface area contributed by atoms with Crippen molar-refractivity contribution >= 4 is 17.7 Å². The van der Waals surface area contributed by atoms with E-state index in [2.05, 4.69) is 34.2 Å². The van der Waals surface area contributed by atoms with Crippen LogP contribution < -0.4 is 5.73 Å². The van der Waals surface area contributed by atoms with Crippen molar-refractivity contribution < 1.29 is 0 Å². The summed E-state index contributed by atoms with van der Waals surface area (Å²) in [5.41, 5.74) is 9.15. The molecule has 2 N–H and O–H groups in total. The molecular formula is C16H23N3S. The number of nitrogens with two attached hydrogens (primary N) is 1. The summed E-state index contributed by atoms with van der Waals surface area (Å²) in [6.45, 7) is 2.93. The Hall–Kier alpha value is -1.16. The molecule has 0 aromatic heterocycles. The van der Waals surface area contributed by atoms with Gasteiger partial charge in [-0.3, -0.25) is 4.99 Å². The van der Waals surface area contributed by atoms with E-state index in [0.717, 1.165) is 25.6 Å². The molecule has 20 heavy (non-hydrogen) atoms. The van der Waals surface area contributed by atoms with Crippen LogP contribution in [0.4, 0.5) is 0 Å².